The minimum atomic E-state index is -0.162. The van der Waals surface area contributed by atoms with Gasteiger partial charge in [-0.3, -0.25) is 4.79 Å². The van der Waals surface area contributed by atoms with Crippen LogP contribution < -0.4 is 25.8 Å². The number of rotatable bonds is 8. The lowest BCUT2D eigenvalue weighted by molar-refractivity contribution is -0.123. The summed E-state index contributed by atoms with van der Waals surface area (Å²) in [7, 11) is 1.57. The summed E-state index contributed by atoms with van der Waals surface area (Å²) in [4.78, 5) is 15.9. The number of carbonyl (C=O) groups is 1. The Labute approximate surface area is 178 Å². The fraction of sp³-hybridized carbons (Fsp3) is 0.579. The van der Waals surface area contributed by atoms with Gasteiger partial charge in [0.1, 0.15) is 0 Å². The van der Waals surface area contributed by atoms with E-state index in [9.17, 15) is 4.79 Å². The molecule has 2 rings (SSSR count). The highest BCUT2D eigenvalue weighted by Crippen LogP contribution is 2.28. The molecule has 1 amide bonds. The molecule has 7 nitrogen and oxygen atoms in total. The van der Waals surface area contributed by atoms with E-state index >= 15 is 0 Å². The van der Waals surface area contributed by atoms with E-state index in [1.807, 2.05) is 19.1 Å². The van der Waals surface area contributed by atoms with E-state index in [1.165, 1.54) is 19.3 Å². The predicted octanol–water partition coefficient (Wildman–Crippen LogP) is 2.57. The Morgan fingerprint density at radius 2 is 2.00 bits per heavy atom. The monoisotopic (exact) mass is 490 g/mol. The van der Waals surface area contributed by atoms with Crippen molar-refractivity contribution in [3.8, 4) is 11.5 Å². The first-order chi connectivity index (χ1) is 12.6. The van der Waals surface area contributed by atoms with Crippen LogP contribution in [0.25, 0.3) is 0 Å². The Morgan fingerprint density at radius 3 is 2.67 bits per heavy atom. The molecule has 1 aliphatic rings. The first kappa shape index (κ1) is 23.3. The molecular weight excluding hydrogens is 459 g/mol. The summed E-state index contributed by atoms with van der Waals surface area (Å²) >= 11 is 0. The van der Waals surface area contributed by atoms with Gasteiger partial charge in [0.05, 0.1) is 13.7 Å². The molecule has 0 atom stereocenters. The maximum absolute atomic E-state index is 11.5. The molecule has 0 spiro atoms. The normalized spacial score (nSPS) is 14.8. The van der Waals surface area contributed by atoms with Gasteiger partial charge in [-0.2, -0.15) is 0 Å². The summed E-state index contributed by atoms with van der Waals surface area (Å²) in [6, 6.07) is 5.97. The molecule has 8 heteroatoms. The second kappa shape index (κ2) is 12.6. The first-order valence-corrected chi connectivity index (χ1v) is 9.25. The number of halogens is 1. The molecule has 0 unspecified atom stereocenters. The molecule has 0 saturated heterocycles. The molecule has 152 valence electrons. The van der Waals surface area contributed by atoms with Crippen molar-refractivity contribution in [3.63, 3.8) is 0 Å². The van der Waals surface area contributed by atoms with E-state index in [0.717, 1.165) is 18.4 Å². The van der Waals surface area contributed by atoms with Gasteiger partial charge in [-0.1, -0.05) is 25.3 Å². The third kappa shape index (κ3) is 8.23. The highest BCUT2D eigenvalue weighted by molar-refractivity contribution is 14.0. The average Bonchev–Trinajstić information content (AvgIpc) is 2.66. The number of ether oxygens (including phenoxy) is 2. The number of methoxy groups -OCH3 is 1. The summed E-state index contributed by atoms with van der Waals surface area (Å²) in [6.45, 7) is 2.85. The lowest BCUT2D eigenvalue weighted by Crippen LogP contribution is -2.41. The van der Waals surface area contributed by atoms with Gasteiger partial charge in [0.15, 0.2) is 24.1 Å². The lowest BCUT2D eigenvalue weighted by Gasteiger charge is -2.23. The van der Waals surface area contributed by atoms with Crippen LogP contribution in [0.15, 0.2) is 23.2 Å². The standard InChI is InChI=1S/C19H30N4O3.HI/c1-3-21-18(24)13-26-16-10-9-14(11-17(16)25-2)12-22-19(20)23-15-7-5-4-6-8-15;/h9-11,15H,3-8,12-13H2,1-2H3,(H,21,24)(H3,20,22,23);1H. The number of hydrogen-bond donors (Lipinski definition) is 3. The molecule has 4 N–H and O–H groups in total. The number of nitrogens with zero attached hydrogens (tertiary/aromatic N) is 1. The molecule has 0 aromatic heterocycles. The van der Waals surface area contributed by atoms with E-state index in [4.69, 9.17) is 15.2 Å². The number of hydrogen-bond acceptors (Lipinski definition) is 4. The van der Waals surface area contributed by atoms with Crippen LogP contribution in [-0.4, -0.2) is 38.2 Å². The van der Waals surface area contributed by atoms with Crippen LogP contribution in [-0.2, 0) is 11.3 Å². The molecule has 1 aromatic rings. The van der Waals surface area contributed by atoms with Gasteiger partial charge < -0.3 is 25.8 Å². The Morgan fingerprint density at radius 1 is 1.26 bits per heavy atom. The number of amides is 1. The summed E-state index contributed by atoms with van der Waals surface area (Å²) in [5.74, 6) is 1.41. The highest BCUT2D eigenvalue weighted by atomic mass is 127. The molecule has 0 heterocycles. The van der Waals surface area contributed by atoms with Gasteiger partial charge >= 0.3 is 0 Å². The number of carbonyl (C=O) groups excluding carboxylic acids is 1. The summed E-state index contributed by atoms with van der Waals surface area (Å²) < 4.78 is 10.9. The van der Waals surface area contributed by atoms with Crippen molar-refractivity contribution in [3.05, 3.63) is 23.8 Å². The Kier molecular flexibility index (Phi) is 10.9. The number of aliphatic imine (C=N–C) groups is 1. The zero-order valence-corrected chi connectivity index (χ0v) is 18.5. The van der Waals surface area contributed by atoms with Crippen LogP contribution in [0.4, 0.5) is 0 Å². The molecule has 1 aliphatic carbocycles. The number of nitrogens with two attached hydrogens (primary N) is 1. The van der Waals surface area contributed by atoms with E-state index in [0.29, 0.717) is 36.6 Å². The van der Waals surface area contributed by atoms with Crippen LogP contribution in [0.1, 0.15) is 44.6 Å². The minimum absolute atomic E-state index is 0. The molecule has 1 fully saturated rings. The Hall–Kier alpha value is -1.71. The maximum atomic E-state index is 11.5. The molecule has 0 aliphatic heterocycles. The maximum Gasteiger partial charge on any atom is 0.257 e. The van der Waals surface area contributed by atoms with E-state index < -0.39 is 0 Å². The second-order valence-corrected chi connectivity index (χ2v) is 6.41. The van der Waals surface area contributed by atoms with Gasteiger partial charge in [0.25, 0.3) is 5.91 Å². The van der Waals surface area contributed by atoms with Crippen molar-refractivity contribution in [1.82, 2.24) is 10.6 Å². The molecule has 1 aromatic carbocycles. The van der Waals surface area contributed by atoms with Crippen molar-refractivity contribution >= 4 is 35.8 Å². The van der Waals surface area contributed by atoms with Gasteiger partial charge in [0.2, 0.25) is 0 Å². The summed E-state index contributed by atoms with van der Waals surface area (Å²) in [5, 5.41) is 5.99. The van der Waals surface area contributed by atoms with Gasteiger partial charge in [-0.25, -0.2) is 4.99 Å². The third-order valence-corrected chi connectivity index (χ3v) is 4.35. The van der Waals surface area contributed by atoms with Crippen molar-refractivity contribution < 1.29 is 14.3 Å². The molecule has 1 saturated carbocycles. The van der Waals surface area contributed by atoms with Gasteiger partial charge in [0, 0.05) is 12.6 Å². The molecule has 0 bridgehead atoms. The van der Waals surface area contributed by atoms with Gasteiger partial charge in [-0.05, 0) is 37.5 Å². The number of benzene rings is 1. The zero-order valence-electron chi connectivity index (χ0n) is 16.1. The van der Waals surface area contributed by atoms with Crippen LogP contribution in [0.5, 0.6) is 11.5 Å². The number of nitrogens with one attached hydrogen (secondary N) is 2. The number of guanidine groups is 1. The largest absolute Gasteiger partial charge is 0.493 e. The first-order valence-electron chi connectivity index (χ1n) is 9.25. The quantitative estimate of drug-likeness (QED) is 0.296. The van der Waals surface area contributed by atoms with Crippen LogP contribution >= 0.6 is 24.0 Å². The Bertz CT molecular complexity index is 619. The second-order valence-electron chi connectivity index (χ2n) is 6.41. The molecular formula is C19H31IN4O3. The van der Waals surface area contributed by atoms with Gasteiger partial charge in [-0.15, -0.1) is 24.0 Å². The number of likely N-dealkylation sites (N-methyl/N-ethyl adjacent to an activating group) is 1. The molecule has 0 radical (unpaired) electrons. The van der Waals surface area contributed by atoms with Crippen LogP contribution in [0, 0.1) is 0 Å². The van der Waals surface area contributed by atoms with E-state index in [2.05, 4.69) is 15.6 Å². The summed E-state index contributed by atoms with van der Waals surface area (Å²) in [6.07, 6.45) is 6.12. The third-order valence-electron chi connectivity index (χ3n) is 4.35. The molecule has 27 heavy (non-hydrogen) atoms. The van der Waals surface area contributed by atoms with Crippen molar-refractivity contribution in [1.29, 1.82) is 0 Å². The minimum Gasteiger partial charge on any atom is -0.493 e. The lowest BCUT2D eigenvalue weighted by atomic mass is 9.96. The highest BCUT2D eigenvalue weighted by Gasteiger charge is 2.13. The van der Waals surface area contributed by atoms with E-state index in [-0.39, 0.29) is 36.5 Å². The summed E-state index contributed by atoms with van der Waals surface area (Å²) in [5.41, 5.74) is 6.96. The Balaban J connectivity index is 0.00000364. The smallest absolute Gasteiger partial charge is 0.257 e. The zero-order chi connectivity index (χ0) is 18.8. The predicted molar refractivity (Wildman–Crippen MR) is 118 cm³/mol. The van der Waals surface area contributed by atoms with Crippen molar-refractivity contribution in [2.24, 2.45) is 10.7 Å². The SMILES string of the molecule is CCNC(=O)COc1ccc(CN=C(N)NC2CCCCC2)cc1OC.I. The van der Waals surface area contributed by atoms with Crippen molar-refractivity contribution in [2.45, 2.75) is 51.6 Å². The fourth-order valence-corrected chi connectivity index (χ4v) is 3.00. The average molecular weight is 490 g/mol. The van der Waals surface area contributed by atoms with E-state index in [1.54, 1.807) is 13.2 Å². The van der Waals surface area contributed by atoms with Crippen LogP contribution in [0.3, 0.4) is 0 Å². The van der Waals surface area contributed by atoms with Crippen molar-refractivity contribution in [2.75, 3.05) is 20.3 Å². The van der Waals surface area contributed by atoms with Crippen LogP contribution in [0.2, 0.25) is 0 Å². The fourth-order valence-electron chi connectivity index (χ4n) is 3.00. The topological polar surface area (TPSA) is 98.0 Å².